The van der Waals surface area contributed by atoms with Gasteiger partial charge in [0.2, 0.25) is 0 Å². The Bertz CT molecular complexity index is 316. The van der Waals surface area contributed by atoms with Crippen molar-refractivity contribution in [2.24, 2.45) is 5.73 Å². The second-order valence-corrected chi connectivity index (χ2v) is 5.77. The fraction of sp³-hybridized carbons (Fsp3) is 0.917. The monoisotopic (exact) mass is 258 g/mol. The van der Waals surface area contributed by atoms with Crippen molar-refractivity contribution in [3.05, 3.63) is 0 Å². The zero-order valence-corrected chi connectivity index (χ0v) is 11.2. The molecule has 6 nitrogen and oxygen atoms in total. The van der Waals surface area contributed by atoms with Crippen molar-refractivity contribution in [1.82, 2.24) is 4.90 Å². The van der Waals surface area contributed by atoms with E-state index in [4.69, 9.17) is 19.9 Å². The highest BCUT2D eigenvalue weighted by Crippen LogP contribution is 2.25. The molecule has 104 valence electrons. The van der Waals surface area contributed by atoms with E-state index in [0.29, 0.717) is 26.3 Å². The number of carbonyl (C=O) groups excluding carboxylic acids is 1. The zero-order chi connectivity index (χ0) is 13.3. The van der Waals surface area contributed by atoms with E-state index in [2.05, 4.69) is 0 Å². The quantitative estimate of drug-likeness (QED) is 0.734. The minimum atomic E-state index is -0.497. The molecule has 0 radical (unpaired) electrons. The molecular weight excluding hydrogens is 236 g/mol. The van der Waals surface area contributed by atoms with Gasteiger partial charge >= 0.3 is 6.09 Å². The van der Waals surface area contributed by atoms with Crippen LogP contribution in [0.5, 0.6) is 0 Å². The normalized spacial score (nSPS) is 32.2. The van der Waals surface area contributed by atoms with Gasteiger partial charge in [-0.05, 0) is 20.8 Å². The SMILES string of the molecule is CC(C)(C)OC(=O)N1C[C@H](CN)O[C@@H]2COC[C@H]21. The fourth-order valence-corrected chi connectivity index (χ4v) is 2.25. The number of nitrogens with zero attached hydrogens (tertiary/aromatic N) is 1. The molecule has 0 aliphatic carbocycles. The van der Waals surface area contributed by atoms with E-state index >= 15 is 0 Å². The Morgan fingerprint density at radius 3 is 2.78 bits per heavy atom. The Hall–Kier alpha value is -0.850. The molecule has 0 saturated carbocycles. The lowest BCUT2D eigenvalue weighted by Crippen LogP contribution is -2.58. The van der Waals surface area contributed by atoms with Gasteiger partial charge in [0, 0.05) is 6.54 Å². The molecule has 2 aliphatic heterocycles. The lowest BCUT2D eigenvalue weighted by molar-refractivity contribution is -0.0970. The summed E-state index contributed by atoms with van der Waals surface area (Å²) in [6.45, 7) is 7.44. The second kappa shape index (κ2) is 5.03. The molecule has 6 heteroatoms. The van der Waals surface area contributed by atoms with E-state index < -0.39 is 5.60 Å². The lowest BCUT2D eigenvalue weighted by atomic mass is 10.1. The van der Waals surface area contributed by atoms with Gasteiger partial charge in [-0.15, -0.1) is 0 Å². The first-order chi connectivity index (χ1) is 8.40. The number of rotatable bonds is 1. The maximum Gasteiger partial charge on any atom is 0.410 e. The summed E-state index contributed by atoms with van der Waals surface area (Å²) >= 11 is 0. The second-order valence-electron chi connectivity index (χ2n) is 5.77. The lowest BCUT2D eigenvalue weighted by Gasteiger charge is -2.40. The molecule has 2 aliphatic rings. The van der Waals surface area contributed by atoms with Crippen molar-refractivity contribution in [1.29, 1.82) is 0 Å². The summed E-state index contributed by atoms with van der Waals surface area (Å²) in [4.78, 5) is 13.9. The van der Waals surface area contributed by atoms with Crippen LogP contribution in [0, 0.1) is 0 Å². The summed E-state index contributed by atoms with van der Waals surface area (Å²) in [5.41, 5.74) is 5.13. The van der Waals surface area contributed by atoms with E-state index in [0.717, 1.165) is 0 Å². The molecule has 0 aromatic rings. The number of hydrogen-bond acceptors (Lipinski definition) is 5. The van der Waals surface area contributed by atoms with E-state index in [-0.39, 0.29) is 24.3 Å². The van der Waals surface area contributed by atoms with Gasteiger partial charge < -0.3 is 19.9 Å². The third kappa shape index (κ3) is 2.93. The van der Waals surface area contributed by atoms with Crippen LogP contribution in [0.2, 0.25) is 0 Å². The molecule has 0 bridgehead atoms. The minimum Gasteiger partial charge on any atom is -0.444 e. The summed E-state index contributed by atoms with van der Waals surface area (Å²) in [5, 5.41) is 0. The summed E-state index contributed by atoms with van der Waals surface area (Å²) in [6, 6.07) is -0.0531. The largest absolute Gasteiger partial charge is 0.444 e. The van der Waals surface area contributed by atoms with Gasteiger partial charge in [0.25, 0.3) is 0 Å². The van der Waals surface area contributed by atoms with Gasteiger partial charge in [0.1, 0.15) is 11.7 Å². The van der Waals surface area contributed by atoms with E-state index in [9.17, 15) is 4.79 Å². The summed E-state index contributed by atoms with van der Waals surface area (Å²) in [5.74, 6) is 0. The number of carbonyl (C=O) groups is 1. The third-order valence-corrected chi connectivity index (χ3v) is 3.06. The molecule has 0 unspecified atom stereocenters. The highest BCUT2D eigenvalue weighted by Gasteiger charge is 2.43. The maximum absolute atomic E-state index is 12.2. The zero-order valence-electron chi connectivity index (χ0n) is 11.2. The predicted octanol–water partition coefficient (Wildman–Crippen LogP) is 0.348. The molecule has 3 atom stereocenters. The molecule has 1 amide bonds. The van der Waals surface area contributed by atoms with Gasteiger partial charge in [0.05, 0.1) is 31.9 Å². The topological polar surface area (TPSA) is 74.0 Å². The number of nitrogens with two attached hydrogens (primary N) is 1. The van der Waals surface area contributed by atoms with Crippen LogP contribution in [0.3, 0.4) is 0 Å². The van der Waals surface area contributed by atoms with Gasteiger partial charge in [-0.2, -0.15) is 0 Å². The standard InChI is InChI=1S/C12H22N2O4/c1-12(2,3)18-11(15)14-5-8(4-13)17-10-7-16-6-9(10)14/h8-10H,4-7,13H2,1-3H3/t8-,9+,10+/m0/s1. The van der Waals surface area contributed by atoms with Gasteiger partial charge in [-0.25, -0.2) is 4.79 Å². The van der Waals surface area contributed by atoms with Crippen LogP contribution in [0.25, 0.3) is 0 Å². The van der Waals surface area contributed by atoms with Gasteiger partial charge in [-0.3, -0.25) is 4.90 Å². The van der Waals surface area contributed by atoms with Gasteiger partial charge in [-0.1, -0.05) is 0 Å². The van der Waals surface area contributed by atoms with Crippen LogP contribution in [-0.4, -0.2) is 61.1 Å². The first-order valence-corrected chi connectivity index (χ1v) is 6.33. The Morgan fingerprint density at radius 2 is 2.17 bits per heavy atom. The minimum absolute atomic E-state index is 0.0531. The maximum atomic E-state index is 12.2. The van der Waals surface area contributed by atoms with Crippen molar-refractivity contribution >= 4 is 6.09 Å². The average molecular weight is 258 g/mol. The fourth-order valence-electron chi connectivity index (χ4n) is 2.25. The molecule has 0 spiro atoms. The summed E-state index contributed by atoms with van der Waals surface area (Å²) in [7, 11) is 0. The van der Waals surface area contributed by atoms with Crippen molar-refractivity contribution in [3.8, 4) is 0 Å². The number of fused-ring (bicyclic) bond motifs is 1. The molecule has 2 heterocycles. The van der Waals surface area contributed by atoms with Crippen LogP contribution in [0.15, 0.2) is 0 Å². The van der Waals surface area contributed by atoms with E-state index in [1.165, 1.54) is 0 Å². The van der Waals surface area contributed by atoms with Crippen molar-refractivity contribution in [2.45, 2.75) is 44.6 Å². The van der Waals surface area contributed by atoms with Crippen LogP contribution in [0.4, 0.5) is 4.79 Å². The molecule has 0 aromatic heterocycles. The van der Waals surface area contributed by atoms with Crippen LogP contribution < -0.4 is 5.73 Å². The van der Waals surface area contributed by atoms with Gasteiger partial charge in [0.15, 0.2) is 0 Å². The number of hydrogen-bond donors (Lipinski definition) is 1. The molecule has 2 saturated heterocycles. The van der Waals surface area contributed by atoms with Crippen molar-refractivity contribution < 1.29 is 19.0 Å². The van der Waals surface area contributed by atoms with Crippen LogP contribution in [-0.2, 0) is 14.2 Å². The molecule has 2 fully saturated rings. The third-order valence-electron chi connectivity index (χ3n) is 3.06. The Morgan fingerprint density at radius 1 is 1.44 bits per heavy atom. The number of amides is 1. The van der Waals surface area contributed by atoms with E-state index in [1.54, 1.807) is 4.90 Å². The average Bonchev–Trinajstić information content (AvgIpc) is 2.72. The molecule has 18 heavy (non-hydrogen) atoms. The van der Waals surface area contributed by atoms with Crippen molar-refractivity contribution in [3.63, 3.8) is 0 Å². The summed E-state index contributed by atoms with van der Waals surface area (Å²) < 4.78 is 16.6. The van der Waals surface area contributed by atoms with E-state index in [1.807, 2.05) is 20.8 Å². The number of ether oxygens (including phenoxy) is 3. The first-order valence-electron chi connectivity index (χ1n) is 6.33. The smallest absolute Gasteiger partial charge is 0.410 e. The summed E-state index contributed by atoms with van der Waals surface area (Å²) in [6.07, 6.45) is -0.537. The highest BCUT2D eigenvalue weighted by molar-refractivity contribution is 5.69. The van der Waals surface area contributed by atoms with Crippen LogP contribution in [0.1, 0.15) is 20.8 Å². The molecule has 2 N–H and O–H groups in total. The Kier molecular flexibility index (Phi) is 3.79. The molecule has 0 aromatic carbocycles. The Balaban J connectivity index is 2.06. The highest BCUT2D eigenvalue weighted by atomic mass is 16.6. The first kappa shape index (κ1) is 13.6. The van der Waals surface area contributed by atoms with Crippen LogP contribution >= 0.6 is 0 Å². The predicted molar refractivity (Wildman–Crippen MR) is 65.3 cm³/mol. The molecule has 2 rings (SSSR count). The molecular formula is C12H22N2O4. The van der Waals surface area contributed by atoms with Crippen molar-refractivity contribution in [2.75, 3.05) is 26.3 Å². The Labute approximate surface area is 107 Å². The number of morpholine rings is 1.